The van der Waals surface area contributed by atoms with Gasteiger partial charge in [-0.2, -0.15) is 26.3 Å². The van der Waals surface area contributed by atoms with Crippen LogP contribution in [-0.4, -0.2) is 11.7 Å². The second-order valence-corrected chi connectivity index (χ2v) is 8.68. The summed E-state index contributed by atoms with van der Waals surface area (Å²) in [4.78, 5) is 12.3. The van der Waals surface area contributed by atoms with Crippen LogP contribution in [0.4, 0.5) is 26.3 Å². The van der Waals surface area contributed by atoms with Gasteiger partial charge < -0.3 is 4.57 Å². The van der Waals surface area contributed by atoms with Gasteiger partial charge in [-0.25, -0.2) is 0 Å². The largest absolute Gasteiger partial charge is 0.417 e. The van der Waals surface area contributed by atoms with Gasteiger partial charge in [-0.1, -0.05) is 49.2 Å². The molecule has 2 nitrogen and oxygen atoms in total. The molecular formula is C21H21F6O2P. The standard InChI is InChI=1S/C21H21F6O2P/c22-20(23,24)16-12-8-13-17(21(25,26)27)18(16)19(28)30(29)14-7-2-1-4-9-15-10-5-3-6-11-15/h3,5-6,8,10-13,30H,1-2,4,7,9,14H2. The van der Waals surface area contributed by atoms with Crippen molar-refractivity contribution in [2.24, 2.45) is 0 Å². The van der Waals surface area contributed by atoms with Crippen molar-refractivity contribution in [3.05, 3.63) is 70.8 Å². The molecule has 0 amide bonds. The average molecular weight is 450 g/mol. The molecule has 30 heavy (non-hydrogen) atoms. The number of hydrogen-bond donors (Lipinski definition) is 0. The van der Waals surface area contributed by atoms with E-state index in [1.165, 1.54) is 0 Å². The summed E-state index contributed by atoms with van der Waals surface area (Å²) < 4.78 is 91.2. The van der Waals surface area contributed by atoms with E-state index >= 15 is 0 Å². The first-order valence-corrected chi connectivity index (χ1v) is 11.0. The molecule has 0 heterocycles. The molecule has 0 bridgehead atoms. The topological polar surface area (TPSA) is 34.1 Å². The number of unbranched alkanes of at least 4 members (excludes halogenated alkanes) is 3. The Morgan fingerprint density at radius 3 is 1.80 bits per heavy atom. The predicted molar refractivity (Wildman–Crippen MR) is 103 cm³/mol. The van der Waals surface area contributed by atoms with Crippen LogP contribution in [0.25, 0.3) is 0 Å². The summed E-state index contributed by atoms with van der Waals surface area (Å²) in [6.07, 6.45) is -7.21. The van der Waals surface area contributed by atoms with Gasteiger partial charge in [-0.05, 0) is 37.0 Å². The molecular weight excluding hydrogens is 429 g/mol. The summed E-state index contributed by atoms with van der Waals surface area (Å²) in [6, 6.07) is 11.1. The highest BCUT2D eigenvalue weighted by Gasteiger charge is 2.43. The summed E-state index contributed by atoms with van der Waals surface area (Å²) in [5, 5.41) is 0. The molecule has 1 atom stereocenters. The van der Waals surface area contributed by atoms with E-state index in [1.807, 2.05) is 30.3 Å². The molecule has 1 unspecified atom stereocenters. The maximum Gasteiger partial charge on any atom is 0.417 e. The summed E-state index contributed by atoms with van der Waals surface area (Å²) >= 11 is 0. The van der Waals surface area contributed by atoms with Crippen molar-refractivity contribution < 1.29 is 35.7 Å². The number of carbonyl (C=O) groups is 1. The Kier molecular flexibility index (Phi) is 8.30. The fourth-order valence-corrected chi connectivity index (χ4v) is 4.48. The van der Waals surface area contributed by atoms with E-state index in [-0.39, 0.29) is 6.16 Å². The minimum Gasteiger partial charge on any atom is -0.318 e. The number of aryl methyl sites for hydroxylation is 1. The maximum atomic E-state index is 13.2. The van der Waals surface area contributed by atoms with Crippen molar-refractivity contribution in [3.63, 3.8) is 0 Å². The Bertz CT molecular complexity index is 843. The van der Waals surface area contributed by atoms with E-state index in [4.69, 9.17) is 0 Å². The van der Waals surface area contributed by atoms with Gasteiger partial charge in [0.2, 0.25) is 5.52 Å². The van der Waals surface area contributed by atoms with Gasteiger partial charge in [-0.15, -0.1) is 0 Å². The fraction of sp³-hybridized carbons (Fsp3) is 0.381. The third-order valence-electron chi connectivity index (χ3n) is 4.62. The third-order valence-corrected chi connectivity index (χ3v) is 6.18. The molecule has 164 valence electrons. The molecule has 0 saturated heterocycles. The van der Waals surface area contributed by atoms with E-state index in [0.29, 0.717) is 31.0 Å². The van der Waals surface area contributed by atoms with Crippen molar-refractivity contribution in [2.45, 2.75) is 44.5 Å². The van der Waals surface area contributed by atoms with Gasteiger partial charge >= 0.3 is 12.4 Å². The monoisotopic (exact) mass is 450 g/mol. The molecule has 0 aromatic heterocycles. The molecule has 0 saturated carbocycles. The molecule has 0 aliphatic rings. The Balaban J connectivity index is 1.99. The van der Waals surface area contributed by atoms with E-state index in [0.717, 1.165) is 24.8 Å². The Labute approximate surface area is 171 Å². The van der Waals surface area contributed by atoms with Gasteiger partial charge in [0, 0.05) is 11.7 Å². The molecule has 0 aliphatic carbocycles. The lowest BCUT2D eigenvalue weighted by molar-refractivity contribution is -0.143. The fourth-order valence-electron chi connectivity index (χ4n) is 3.14. The summed E-state index contributed by atoms with van der Waals surface area (Å²) in [7, 11) is -3.31. The van der Waals surface area contributed by atoms with E-state index in [2.05, 4.69) is 0 Å². The van der Waals surface area contributed by atoms with Crippen LogP contribution in [0, 0.1) is 0 Å². The second-order valence-electron chi connectivity index (χ2n) is 6.88. The van der Waals surface area contributed by atoms with Crippen LogP contribution in [0.15, 0.2) is 48.5 Å². The third kappa shape index (κ3) is 6.73. The molecule has 2 aromatic carbocycles. The van der Waals surface area contributed by atoms with Crippen molar-refractivity contribution in [1.82, 2.24) is 0 Å². The van der Waals surface area contributed by atoms with Crippen molar-refractivity contribution in [2.75, 3.05) is 6.16 Å². The van der Waals surface area contributed by atoms with Crippen molar-refractivity contribution in [1.29, 1.82) is 0 Å². The normalized spacial score (nSPS) is 13.3. The number of halogens is 6. The van der Waals surface area contributed by atoms with Crippen LogP contribution < -0.4 is 0 Å². The van der Waals surface area contributed by atoms with Crippen molar-refractivity contribution >= 4 is 13.3 Å². The zero-order valence-electron chi connectivity index (χ0n) is 15.9. The van der Waals surface area contributed by atoms with Crippen LogP contribution in [0.5, 0.6) is 0 Å². The smallest absolute Gasteiger partial charge is 0.318 e. The SMILES string of the molecule is O=C(c1c(C(F)(F)F)cccc1C(F)(F)F)[PH](=O)CCCCCCc1ccccc1. The van der Waals surface area contributed by atoms with Crippen LogP contribution in [0.1, 0.15) is 52.7 Å². The molecule has 0 spiro atoms. The van der Waals surface area contributed by atoms with Crippen LogP contribution >= 0.6 is 7.80 Å². The number of carbonyl (C=O) groups excluding carboxylic acids is 1. The van der Waals surface area contributed by atoms with Gasteiger partial charge in [-0.3, -0.25) is 4.79 Å². The number of rotatable bonds is 9. The van der Waals surface area contributed by atoms with Gasteiger partial charge in [0.05, 0.1) is 11.1 Å². The maximum absolute atomic E-state index is 13.2. The minimum absolute atomic E-state index is 0.210. The van der Waals surface area contributed by atoms with Crippen LogP contribution in [0.2, 0.25) is 0 Å². The lowest BCUT2D eigenvalue weighted by Crippen LogP contribution is -2.19. The molecule has 2 aromatic rings. The molecule has 2 rings (SSSR count). The Morgan fingerprint density at radius 1 is 0.733 bits per heavy atom. The summed E-state index contributed by atoms with van der Waals surface area (Å²) in [5.74, 6) is 0. The highest BCUT2D eigenvalue weighted by Crippen LogP contribution is 2.43. The number of hydrogen-bond acceptors (Lipinski definition) is 2. The lowest BCUT2D eigenvalue weighted by Gasteiger charge is -2.17. The highest BCUT2D eigenvalue weighted by molar-refractivity contribution is 7.64. The van der Waals surface area contributed by atoms with E-state index < -0.39 is 42.4 Å². The molecule has 0 aliphatic heterocycles. The molecule has 0 radical (unpaired) electrons. The second kappa shape index (κ2) is 10.3. The number of benzene rings is 2. The predicted octanol–water partition coefficient (Wildman–Crippen LogP) is 7.23. The zero-order chi connectivity index (χ0) is 22.4. The Morgan fingerprint density at radius 2 is 1.27 bits per heavy atom. The van der Waals surface area contributed by atoms with Gasteiger partial charge in [0.1, 0.15) is 7.80 Å². The zero-order valence-corrected chi connectivity index (χ0v) is 16.9. The number of alkyl halides is 6. The summed E-state index contributed by atoms with van der Waals surface area (Å²) in [5.41, 5.74) is -5.35. The average Bonchev–Trinajstić information content (AvgIpc) is 2.68. The van der Waals surface area contributed by atoms with Crippen LogP contribution in [0.3, 0.4) is 0 Å². The minimum atomic E-state index is -5.16. The summed E-state index contributed by atoms with van der Waals surface area (Å²) in [6.45, 7) is 0. The first-order valence-electron chi connectivity index (χ1n) is 9.40. The molecule has 0 fully saturated rings. The first kappa shape index (κ1) is 24.2. The van der Waals surface area contributed by atoms with E-state index in [1.54, 1.807) is 0 Å². The molecule has 0 N–H and O–H groups in total. The molecule has 9 heteroatoms. The van der Waals surface area contributed by atoms with Gasteiger partial charge in [0.15, 0.2) is 0 Å². The van der Waals surface area contributed by atoms with Crippen LogP contribution in [-0.2, 0) is 23.3 Å². The Hall–Kier alpha value is -2.08. The van der Waals surface area contributed by atoms with E-state index in [9.17, 15) is 35.7 Å². The lowest BCUT2D eigenvalue weighted by atomic mass is 10.0. The first-order chi connectivity index (χ1) is 14.0. The highest BCUT2D eigenvalue weighted by atomic mass is 31.1. The van der Waals surface area contributed by atoms with Gasteiger partial charge in [0.25, 0.3) is 0 Å². The quantitative estimate of drug-likeness (QED) is 0.230. The van der Waals surface area contributed by atoms with Crippen molar-refractivity contribution in [3.8, 4) is 0 Å².